The number of hydrogen-bond acceptors (Lipinski definition) is 5. The first-order valence-electron chi connectivity index (χ1n) is 10.0. The molecule has 7 nitrogen and oxygen atoms in total. The van der Waals surface area contributed by atoms with E-state index in [0.29, 0.717) is 63.9 Å². The third-order valence-corrected chi connectivity index (χ3v) is 6.20. The molecule has 2 heterocycles. The molecule has 1 atom stereocenters. The van der Waals surface area contributed by atoms with E-state index >= 15 is 0 Å². The van der Waals surface area contributed by atoms with Crippen LogP contribution in [0.4, 0.5) is 0 Å². The Morgan fingerprint density at radius 3 is 2.27 bits per heavy atom. The maximum absolute atomic E-state index is 12.5. The highest BCUT2D eigenvalue weighted by atomic mass is 16.5. The molecule has 148 valence electrons. The molecule has 2 amide bonds. The molecule has 1 saturated carbocycles. The van der Waals surface area contributed by atoms with Crippen LogP contribution in [0, 0.1) is 5.41 Å². The zero-order chi connectivity index (χ0) is 18.6. The molecule has 3 fully saturated rings. The van der Waals surface area contributed by atoms with Crippen LogP contribution in [0.15, 0.2) is 0 Å². The number of nitrogens with one attached hydrogen (secondary N) is 1. The molecule has 0 aromatic carbocycles. The van der Waals surface area contributed by atoms with Crippen molar-refractivity contribution >= 4 is 11.8 Å². The van der Waals surface area contributed by atoms with E-state index in [1.54, 1.807) is 0 Å². The summed E-state index contributed by atoms with van der Waals surface area (Å²) in [5.74, 6) is 0.366. The predicted octanol–water partition coefficient (Wildman–Crippen LogP) is 0.158. The Morgan fingerprint density at radius 2 is 1.65 bits per heavy atom. The van der Waals surface area contributed by atoms with E-state index in [-0.39, 0.29) is 11.8 Å². The van der Waals surface area contributed by atoms with Crippen molar-refractivity contribution in [2.45, 2.75) is 39.2 Å². The summed E-state index contributed by atoms with van der Waals surface area (Å²) in [6.07, 6.45) is 3.64. The van der Waals surface area contributed by atoms with Crippen LogP contribution in [0.5, 0.6) is 0 Å². The van der Waals surface area contributed by atoms with Crippen molar-refractivity contribution in [3.05, 3.63) is 0 Å². The summed E-state index contributed by atoms with van der Waals surface area (Å²) >= 11 is 0. The summed E-state index contributed by atoms with van der Waals surface area (Å²) in [6, 6.07) is 0.443. The van der Waals surface area contributed by atoms with Crippen LogP contribution in [0.3, 0.4) is 0 Å². The van der Waals surface area contributed by atoms with E-state index in [0.717, 1.165) is 19.5 Å². The molecule has 0 aromatic rings. The minimum Gasteiger partial charge on any atom is -0.378 e. The second kappa shape index (κ2) is 8.67. The molecule has 1 unspecified atom stereocenters. The Labute approximate surface area is 157 Å². The van der Waals surface area contributed by atoms with Gasteiger partial charge >= 0.3 is 0 Å². The van der Waals surface area contributed by atoms with Gasteiger partial charge in [-0.05, 0) is 18.3 Å². The lowest BCUT2D eigenvalue weighted by atomic mass is 9.87. The SMILES string of the molecule is CC1(C)CCCC1NCC(=O)N1CCN(CC(=O)N2CCOCC2)CC1. The third kappa shape index (κ3) is 4.96. The van der Waals surface area contributed by atoms with Crippen LogP contribution in [-0.2, 0) is 14.3 Å². The topological polar surface area (TPSA) is 65.1 Å². The van der Waals surface area contributed by atoms with Gasteiger partial charge in [0.05, 0.1) is 26.3 Å². The Balaban J connectivity index is 1.36. The van der Waals surface area contributed by atoms with Gasteiger partial charge in [0.25, 0.3) is 0 Å². The standard InChI is InChI=1S/C19H34N4O3/c1-19(2)5-3-4-16(19)20-14-17(24)22-8-6-21(7-9-22)15-18(25)23-10-12-26-13-11-23/h16,20H,3-15H2,1-2H3. The van der Waals surface area contributed by atoms with Crippen LogP contribution in [0.25, 0.3) is 0 Å². The summed E-state index contributed by atoms with van der Waals surface area (Å²) in [7, 11) is 0. The minimum absolute atomic E-state index is 0.179. The quantitative estimate of drug-likeness (QED) is 0.751. The fraction of sp³-hybridized carbons (Fsp3) is 0.895. The number of nitrogens with zero attached hydrogens (tertiary/aromatic N) is 3. The number of carbonyl (C=O) groups is 2. The van der Waals surface area contributed by atoms with Crippen molar-refractivity contribution in [2.75, 3.05) is 65.6 Å². The zero-order valence-electron chi connectivity index (χ0n) is 16.3. The first kappa shape index (κ1) is 19.6. The molecular weight excluding hydrogens is 332 g/mol. The fourth-order valence-corrected chi connectivity index (χ4v) is 4.29. The monoisotopic (exact) mass is 366 g/mol. The molecule has 0 spiro atoms. The lowest BCUT2D eigenvalue weighted by molar-refractivity contribution is -0.137. The Bertz CT molecular complexity index is 497. The van der Waals surface area contributed by atoms with Gasteiger partial charge in [-0.3, -0.25) is 14.5 Å². The number of carbonyl (C=O) groups excluding carboxylic acids is 2. The molecule has 2 saturated heterocycles. The van der Waals surface area contributed by atoms with Gasteiger partial charge in [-0.2, -0.15) is 0 Å². The van der Waals surface area contributed by atoms with Crippen molar-refractivity contribution in [1.82, 2.24) is 20.0 Å². The van der Waals surface area contributed by atoms with E-state index in [4.69, 9.17) is 4.74 Å². The lowest BCUT2D eigenvalue weighted by Crippen LogP contribution is -2.54. The van der Waals surface area contributed by atoms with Crippen LogP contribution >= 0.6 is 0 Å². The molecule has 1 N–H and O–H groups in total. The van der Waals surface area contributed by atoms with Gasteiger partial charge in [0.1, 0.15) is 0 Å². The Kier molecular flexibility index (Phi) is 6.53. The maximum atomic E-state index is 12.5. The van der Waals surface area contributed by atoms with E-state index in [2.05, 4.69) is 24.1 Å². The Morgan fingerprint density at radius 1 is 1.00 bits per heavy atom. The second-order valence-electron chi connectivity index (χ2n) is 8.46. The summed E-state index contributed by atoms with van der Waals surface area (Å²) < 4.78 is 5.30. The summed E-state index contributed by atoms with van der Waals surface area (Å²) in [5.41, 5.74) is 0.291. The van der Waals surface area contributed by atoms with Crippen molar-refractivity contribution < 1.29 is 14.3 Å². The predicted molar refractivity (Wildman–Crippen MR) is 99.8 cm³/mol. The first-order valence-corrected chi connectivity index (χ1v) is 10.0. The summed E-state index contributed by atoms with van der Waals surface area (Å²) in [4.78, 5) is 30.8. The number of ether oxygens (including phenoxy) is 1. The van der Waals surface area contributed by atoms with Crippen molar-refractivity contribution in [2.24, 2.45) is 5.41 Å². The van der Waals surface area contributed by atoms with Crippen molar-refractivity contribution in [3.63, 3.8) is 0 Å². The highest BCUT2D eigenvalue weighted by Gasteiger charge is 2.34. The minimum atomic E-state index is 0.179. The number of rotatable bonds is 5. The van der Waals surface area contributed by atoms with E-state index in [1.165, 1.54) is 12.8 Å². The molecule has 3 aliphatic rings. The second-order valence-corrected chi connectivity index (χ2v) is 8.46. The summed E-state index contributed by atoms with van der Waals surface area (Å²) in [5, 5.41) is 3.48. The molecule has 1 aliphatic carbocycles. The molecule has 7 heteroatoms. The van der Waals surface area contributed by atoms with Gasteiger partial charge in [-0.1, -0.05) is 20.3 Å². The van der Waals surface area contributed by atoms with Crippen LogP contribution in [-0.4, -0.2) is 98.1 Å². The van der Waals surface area contributed by atoms with E-state index in [1.807, 2.05) is 9.80 Å². The number of hydrogen-bond donors (Lipinski definition) is 1. The molecule has 0 aromatic heterocycles. The first-order chi connectivity index (χ1) is 12.5. The van der Waals surface area contributed by atoms with Gasteiger partial charge in [0.2, 0.25) is 11.8 Å². The Hall–Kier alpha value is -1.18. The van der Waals surface area contributed by atoms with Gasteiger partial charge in [-0.25, -0.2) is 0 Å². The molecule has 0 radical (unpaired) electrons. The molecule has 0 bridgehead atoms. The normalized spacial score (nSPS) is 26.9. The van der Waals surface area contributed by atoms with Gasteiger partial charge in [0.15, 0.2) is 0 Å². The summed E-state index contributed by atoms with van der Waals surface area (Å²) in [6.45, 7) is 11.1. The molecule has 3 rings (SSSR count). The maximum Gasteiger partial charge on any atom is 0.236 e. The van der Waals surface area contributed by atoms with Crippen LogP contribution < -0.4 is 5.32 Å². The molecule has 2 aliphatic heterocycles. The van der Waals surface area contributed by atoms with E-state index in [9.17, 15) is 9.59 Å². The molecular formula is C19H34N4O3. The van der Waals surface area contributed by atoms with Gasteiger partial charge in [-0.15, -0.1) is 0 Å². The van der Waals surface area contributed by atoms with Gasteiger partial charge < -0.3 is 19.9 Å². The highest BCUT2D eigenvalue weighted by Crippen LogP contribution is 2.36. The number of amides is 2. The average Bonchev–Trinajstić information content (AvgIpc) is 2.99. The van der Waals surface area contributed by atoms with Crippen molar-refractivity contribution in [3.8, 4) is 0 Å². The van der Waals surface area contributed by atoms with E-state index < -0.39 is 0 Å². The largest absolute Gasteiger partial charge is 0.378 e. The van der Waals surface area contributed by atoms with Crippen LogP contribution in [0.1, 0.15) is 33.1 Å². The number of piperazine rings is 1. The fourth-order valence-electron chi connectivity index (χ4n) is 4.29. The smallest absolute Gasteiger partial charge is 0.236 e. The average molecular weight is 367 g/mol. The highest BCUT2D eigenvalue weighted by molar-refractivity contribution is 5.79. The number of morpholine rings is 1. The van der Waals surface area contributed by atoms with Gasteiger partial charge in [0, 0.05) is 45.3 Å². The van der Waals surface area contributed by atoms with Crippen LogP contribution in [0.2, 0.25) is 0 Å². The van der Waals surface area contributed by atoms with Crippen molar-refractivity contribution in [1.29, 1.82) is 0 Å². The third-order valence-electron chi connectivity index (χ3n) is 6.20. The zero-order valence-corrected chi connectivity index (χ0v) is 16.3. The lowest BCUT2D eigenvalue weighted by Gasteiger charge is -2.36. The molecule has 26 heavy (non-hydrogen) atoms.